The Morgan fingerprint density at radius 3 is 2.21 bits per heavy atom. The Balaban J connectivity index is 1.30. The Kier molecular flexibility index (Phi) is 4.57. The molecule has 0 heterocycles. The molecule has 0 aromatic heterocycles. The maximum Gasteiger partial charge on any atom is 0.248 e. The van der Waals surface area contributed by atoms with Crippen molar-refractivity contribution < 1.29 is 9.18 Å². The molecule has 1 amide bonds. The first-order valence-electron chi connectivity index (χ1n) is 10.8. The van der Waals surface area contributed by atoms with Gasteiger partial charge in [-0.25, -0.2) is 4.39 Å². The van der Waals surface area contributed by atoms with Crippen molar-refractivity contribution in [3.8, 4) is 0 Å². The zero-order chi connectivity index (χ0) is 20.0. The van der Waals surface area contributed by atoms with Gasteiger partial charge in [-0.05, 0) is 110 Å². The van der Waals surface area contributed by atoms with E-state index >= 15 is 0 Å². The molecule has 4 fully saturated rings. The molecule has 2 aromatic carbocycles. The van der Waals surface area contributed by atoms with Gasteiger partial charge in [0.2, 0.25) is 5.91 Å². The van der Waals surface area contributed by atoms with Crippen molar-refractivity contribution in [2.24, 2.45) is 17.8 Å². The van der Waals surface area contributed by atoms with Crippen LogP contribution in [0.4, 0.5) is 10.1 Å². The Bertz CT molecular complexity index is 924. The van der Waals surface area contributed by atoms with Crippen molar-refractivity contribution in [3.05, 3.63) is 71.0 Å². The molecular weight excluding hydrogens is 361 g/mol. The molecule has 2 aromatic rings. The summed E-state index contributed by atoms with van der Waals surface area (Å²) in [5.74, 6) is 2.34. The minimum absolute atomic E-state index is 0.167. The molecule has 0 atom stereocenters. The average Bonchev–Trinajstić information content (AvgIpc) is 2.68. The van der Waals surface area contributed by atoms with Gasteiger partial charge in [0.25, 0.3) is 0 Å². The Morgan fingerprint density at radius 2 is 1.62 bits per heavy atom. The van der Waals surface area contributed by atoms with Gasteiger partial charge in [-0.1, -0.05) is 24.3 Å². The molecule has 0 aliphatic heterocycles. The molecule has 4 aliphatic carbocycles. The van der Waals surface area contributed by atoms with Crippen molar-refractivity contribution in [1.29, 1.82) is 0 Å². The number of carbonyl (C=O) groups excluding carboxylic acids is 1. The molecule has 0 unspecified atom stereocenters. The predicted octanol–water partition coefficient (Wildman–Crippen LogP) is 6.25. The van der Waals surface area contributed by atoms with E-state index in [0.717, 1.165) is 34.6 Å². The number of aryl methyl sites for hydroxylation is 1. The molecule has 1 N–H and O–H groups in total. The third kappa shape index (κ3) is 3.63. The fraction of sp³-hybridized carbons (Fsp3) is 0.423. The van der Waals surface area contributed by atoms with Crippen molar-refractivity contribution >= 4 is 17.7 Å². The molecular formula is C26H28FNO. The highest BCUT2D eigenvalue weighted by atomic mass is 19.1. The summed E-state index contributed by atoms with van der Waals surface area (Å²) >= 11 is 0. The van der Waals surface area contributed by atoms with Gasteiger partial charge in [0, 0.05) is 11.8 Å². The maximum absolute atomic E-state index is 13.0. The van der Waals surface area contributed by atoms with E-state index in [4.69, 9.17) is 0 Å². The smallest absolute Gasteiger partial charge is 0.248 e. The van der Waals surface area contributed by atoms with E-state index < -0.39 is 0 Å². The van der Waals surface area contributed by atoms with Crippen LogP contribution in [-0.4, -0.2) is 5.91 Å². The van der Waals surface area contributed by atoms with E-state index in [-0.39, 0.29) is 11.7 Å². The molecule has 4 aliphatic rings. The van der Waals surface area contributed by atoms with Gasteiger partial charge in [0.1, 0.15) is 5.82 Å². The molecule has 0 saturated heterocycles. The number of halogens is 1. The summed E-state index contributed by atoms with van der Waals surface area (Å²) in [5.41, 5.74) is 4.66. The highest BCUT2D eigenvalue weighted by molar-refractivity contribution is 6.02. The molecule has 3 heteroatoms. The van der Waals surface area contributed by atoms with Gasteiger partial charge in [0.15, 0.2) is 0 Å². The molecule has 0 radical (unpaired) electrons. The van der Waals surface area contributed by atoms with E-state index in [1.165, 1.54) is 62.3 Å². The quantitative estimate of drug-likeness (QED) is 0.615. The van der Waals surface area contributed by atoms with Crippen molar-refractivity contribution in [3.63, 3.8) is 0 Å². The van der Waals surface area contributed by atoms with Crippen LogP contribution in [0.25, 0.3) is 6.08 Å². The van der Waals surface area contributed by atoms with Crippen LogP contribution >= 0.6 is 0 Å². The lowest BCUT2D eigenvalue weighted by atomic mass is 9.48. The first kappa shape index (κ1) is 18.6. The zero-order valence-electron chi connectivity index (χ0n) is 17.0. The zero-order valence-corrected chi connectivity index (χ0v) is 17.0. The predicted molar refractivity (Wildman–Crippen MR) is 115 cm³/mol. The summed E-state index contributed by atoms with van der Waals surface area (Å²) in [4.78, 5) is 12.3. The largest absolute Gasteiger partial charge is 0.322 e. The van der Waals surface area contributed by atoms with Gasteiger partial charge in [-0.15, -0.1) is 0 Å². The van der Waals surface area contributed by atoms with Crippen LogP contribution in [0.1, 0.15) is 55.2 Å². The summed E-state index contributed by atoms with van der Waals surface area (Å²) in [6.45, 7) is 2.09. The van der Waals surface area contributed by atoms with E-state index in [1.807, 2.05) is 0 Å². The number of hydrogen-bond acceptors (Lipinski definition) is 1. The standard InChI is InChI=1S/C26H28FNO/c1-17-10-22(26-14-19-11-20(15-26)13-21(12-19)16-26)5-8-24(17)28-25(29)9-4-18-2-6-23(27)7-3-18/h2-10,19-21H,11-16H2,1H3,(H,28,29)/b9-4+. The first-order valence-corrected chi connectivity index (χ1v) is 10.8. The lowest BCUT2D eigenvalue weighted by molar-refractivity contribution is -0.111. The van der Waals surface area contributed by atoms with Crippen LogP contribution in [0, 0.1) is 30.5 Å². The van der Waals surface area contributed by atoms with Crippen LogP contribution < -0.4 is 5.32 Å². The molecule has 2 nitrogen and oxygen atoms in total. The number of nitrogens with one attached hydrogen (secondary N) is 1. The summed E-state index contributed by atoms with van der Waals surface area (Å²) in [5, 5.41) is 2.99. The van der Waals surface area contributed by atoms with E-state index in [1.54, 1.807) is 18.2 Å². The normalized spacial score (nSPS) is 30.1. The van der Waals surface area contributed by atoms with Crippen LogP contribution in [0.3, 0.4) is 0 Å². The number of benzene rings is 2. The topological polar surface area (TPSA) is 29.1 Å². The summed E-state index contributed by atoms with van der Waals surface area (Å²) in [6.07, 6.45) is 11.6. The second-order valence-corrected chi connectivity index (χ2v) is 9.60. The van der Waals surface area contributed by atoms with Crippen molar-refractivity contribution in [1.82, 2.24) is 0 Å². The SMILES string of the molecule is Cc1cc(C23CC4CC(CC(C4)C2)C3)ccc1NC(=O)/C=C/c1ccc(F)cc1. The van der Waals surface area contributed by atoms with E-state index in [2.05, 4.69) is 30.4 Å². The lowest BCUT2D eigenvalue weighted by Crippen LogP contribution is -2.48. The number of amides is 1. The number of hydrogen-bond donors (Lipinski definition) is 1. The fourth-order valence-corrected chi connectivity index (χ4v) is 6.52. The maximum atomic E-state index is 13.0. The Hall–Kier alpha value is -2.42. The fourth-order valence-electron chi connectivity index (χ4n) is 6.52. The highest BCUT2D eigenvalue weighted by Gasteiger charge is 2.51. The molecule has 150 valence electrons. The van der Waals surface area contributed by atoms with E-state index in [9.17, 15) is 9.18 Å². The molecule has 4 bridgehead atoms. The van der Waals surface area contributed by atoms with Gasteiger partial charge in [-0.2, -0.15) is 0 Å². The van der Waals surface area contributed by atoms with Gasteiger partial charge < -0.3 is 5.32 Å². The van der Waals surface area contributed by atoms with Gasteiger partial charge in [0.05, 0.1) is 0 Å². The van der Waals surface area contributed by atoms with Crippen LogP contribution in [0.5, 0.6) is 0 Å². The third-order valence-electron chi connectivity index (χ3n) is 7.43. The highest BCUT2D eigenvalue weighted by Crippen LogP contribution is 2.60. The van der Waals surface area contributed by atoms with Gasteiger partial charge in [-0.3, -0.25) is 4.79 Å². The lowest BCUT2D eigenvalue weighted by Gasteiger charge is -2.57. The third-order valence-corrected chi connectivity index (χ3v) is 7.43. The van der Waals surface area contributed by atoms with Crippen molar-refractivity contribution in [2.45, 2.75) is 50.9 Å². The Morgan fingerprint density at radius 1 is 1.00 bits per heavy atom. The molecule has 6 rings (SSSR count). The van der Waals surface area contributed by atoms with Crippen molar-refractivity contribution in [2.75, 3.05) is 5.32 Å². The minimum Gasteiger partial charge on any atom is -0.322 e. The molecule has 0 spiro atoms. The van der Waals surface area contributed by atoms with Crippen LogP contribution in [0.15, 0.2) is 48.5 Å². The Labute approximate surface area is 172 Å². The van der Waals surface area contributed by atoms with Crippen LogP contribution in [0.2, 0.25) is 0 Å². The van der Waals surface area contributed by atoms with E-state index in [0.29, 0.717) is 5.41 Å². The summed E-state index contributed by atoms with van der Waals surface area (Å²) in [6, 6.07) is 12.7. The second kappa shape index (κ2) is 7.12. The van der Waals surface area contributed by atoms with Crippen LogP contribution in [-0.2, 0) is 10.2 Å². The minimum atomic E-state index is -0.277. The summed E-state index contributed by atoms with van der Waals surface area (Å²) in [7, 11) is 0. The molecule has 4 saturated carbocycles. The monoisotopic (exact) mass is 389 g/mol. The number of carbonyl (C=O) groups is 1. The number of rotatable bonds is 4. The van der Waals surface area contributed by atoms with Gasteiger partial charge >= 0.3 is 0 Å². The first-order chi connectivity index (χ1) is 14.0. The summed E-state index contributed by atoms with van der Waals surface area (Å²) < 4.78 is 13.0. The number of anilines is 1. The molecule has 29 heavy (non-hydrogen) atoms. The average molecular weight is 390 g/mol. The second-order valence-electron chi connectivity index (χ2n) is 9.60.